The molecule has 0 aliphatic carbocycles. The molecule has 1 rings (SSSR count). The number of hydrogen-bond acceptors (Lipinski definition) is 2. The summed E-state index contributed by atoms with van der Waals surface area (Å²) in [6, 6.07) is 8.44. The third kappa shape index (κ3) is 6.70. The summed E-state index contributed by atoms with van der Waals surface area (Å²) in [5.74, 6) is 1.62. The molecule has 0 saturated heterocycles. The van der Waals surface area contributed by atoms with E-state index in [9.17, 15) is 4.79 Å². The number of amides is 1. The standard InChI is InChI=1S/C15H23NOS/c1-3-4-5-9-16-15(17)12-18-11-14-8-6-7-13(2)10-14/h6-8,10H,3-5,9,11-12H2,1-2H3,(H,16,17). The molecule has 0 bridgehead atoms. The molecule has 0 aromatic heterocycles. The fraction of sp³-hybridized carbons (Fsp3) is 0.533. The van der Waals surface area contributed by atoms with Crippen molar-refractivity contribution in [3.63, 3.8) is 0 Å². The lowest BCUT2D eigenvalue weighted by Crippen LogP contribution is -2.26. The van der Waals surface area contributed by atoms with Crippen molar-refractivity contribution in [3.05, 3.63) is 35.4 Å². The first-order chi connectivity index (χ1) is 8.72. The fourth-order valence-corrected chi connectivity index (χ4v) is 2.52. The summed E-state index contributed by atoms with van der Waals surface area (Å²) >= 11 is 1.67. The second kappa shape index (κ2) is 9.03. The average molecular weight is 265 g/mol. The number of carbonyl (C=O) groups excluding carboxylic acids is 1. The normalized spacial score (nSPS) is 10.3. The van der Waals surface area contributed by atoms with Crippen LogP contribution >= 0.6 is 11.8 Å². The van der Waals surface area contributed by atoms with Crippen LogP contribution in [0.2, 0.25) is 0 Å². The largest absolute Gasteiger partial charge is 0.355 e. The van der Waals surface area contributed by atoms with Gasteiger partial charge in [-0.15, -0.1) is 11.8 Å². The highest BCUT2D eigenvalue weighted by Crippen LogP contribution is 2.13. The van der Waals surface area contributed by atoms with E-state index in [1.165, 1.54) is 24.0 Å². The van der Waals surface area contributed by atoms with Gasteiger partial charge in [0.1, 0.15) is 0 Å². The Labute approximate surface area is 115 Å². The van der Waals surface area contributed by atoms with Crippen LogP contribution in [-0.2, 0) is 10.5 Å². The predicted octanol–water partition coefficient (Wildman–Crippen LogP) is 3.53. The summed E-state index contributed by atoms with van der Waals surface area (Å²) in [7, 11) is 0. The molecule has 3 heteroatoms. The van der Waals surface area contributed by atoms with E-state index < -0.39 is 0 Å². The Morgan fingerprint density at radius 3 is 2.89 bits per heavy atom. The van der Waals surface area contributed by atoms with Gasteiger partial charge in [-0.05, 0) is 18.9 Å². The van der Waals surface area contributed by atoms with E-state index in [2.05, 4.69) is 43.4 Å². The van der Waals surface area contributed by atoms with Crippen molar-refractivity contribution >= 4 is 17.7 Å². The highest BCUT2D eigenvalue weighted by Gasteiger charge is 2.01. The number of thioether (sulfide) groups is 1. The smallest absolute Gasteiger partial charge is 0.230 e. The number of hydrogen-bond donors (Lipinski definition) is 1. The van der Waals surface area contributed by atoms with E-state index in [4.69, 9.17) is 0 Å². The van der Waals surface area contributed by atoms with Crippen LogP contribution in [0, 0.1) is 6.92 Å². The van der Waals surface area contributed by atoms with Gasteiger partial charge in [-0.1, -0.05) is 49.6 Å². The molecule has 0 aliphatic rings. The van der Waals surface area contributed by atoms with Gasteiger partial charge in [0.25, 0.3) is 0 Å². The molecule has 0 saturated carbocycles. The first kappa shape index (κ1) is 15.1. The predicted molar refractivity (Wildman–Crippen MR) is 79.9 cm³/mol. The number of benzene rings is 1. The zero-order valence-electron chi connectivity index (χ0n) is 11.4. The molecule has 0 heterocycles. The van der Waals surface area contributed by atoms with Crippen LogP contribution in [0.15, 0.2) is 24.3 Å². The van der Waals surface area contributed by atoms with Crippen LogP contribution in [0.5, 0.6) is 0 Å². The number of carbonyl (C=O) groups is 1. The van der Waals surface area contributed by atoms with Crippen LogP contribution in [0.25, 0.3) is 0 Å². The molecular weight excluding hydrogens is 242 g/mol. The van der Waals surface area contributed by atoms with E-state index in [1.807, 2.05) is 0 Å². The summed E-state index contributed by atoms with van der Waals surface area (Å²) in [6.07, 6.45) is 3.47. The van der Waals surface area contributed by atoms with Gasteiger partial charge in [-0.3, -0.25) is 4.79 Å². The molecular formula is C15H23NOS. The van der Waals surface area contributed by atoms with Crippen molar-refractivity contribution < 1.29 is 4.79 Å². The molecule has 0 atom stereocenters. The number of rotatable bonds is 8. The SMILES string of the molecule is CCCCCNC(=O)CSCc1cccc(C)c1. The van der Waals surface area contributed by atoms with Gasteiger partial charge >= 0.3 is 0 Å². The van der Waals surface area contributed by atoms with E-state index in [0.29, 0.717) is 5.75 Å². The topological polar surface area (TPSA) is 29.1 Å². The monoisotopic (exact) mass is 265 g/mol. The van der Waals surface area contributed by atoms with Gasteiger partial charge in [0, 0.05) is 12.3 Å². The number of aryl methyl sites for hydroxylation is 1. The van der Waals surface area contributed by atoms with Crippen LogP contribution in [0.3, 0.4) is 0 Å². The van der Waals surface area contributed by atoms with Crippen LogP contribution in [0.1, 0.15) is 37.3 Å². The van der Waals surface area contributed by atoms with Gasteiger partial charge in [0.05, 0.1) is 5.75 Å². The maximum atomic E-state index is 11.5. The van der Waals surface area contributed by atoms with Gasteiger partial charge in [-0.2, -0.15) is 0 Å². The second-order valence-corrected chi connectivity index (χ2v) is 5.52. The maximum absolute atomic E-state index is 11.5. The molecule has 0 aliphatic heterocycles. The molecule has 0 unspecified atom stereocenters. The highest BCUT2D eigenvalue weighted by atomic mass is 32.2. The van der Waals surface area contributed by atoms with E-state index in [0.717, 1.165) is 18.7 Å². The maximum Gasteiger partial charge on any atom is 0.230 e. The minimum absolute atomic E-state index is 0.156. The molecule has 1 N–H and O–H groups in total. The molecule has 0 fully saturated rings. The van der Waals surface area contributed by atoms with Crippen molar-refractivity contribution in [3.8, 4) is 0 Å². The summed E-state index contributed by atoms with van der Waals surface area (Å²) in [6.45, 7) is 5.08. The first-order valence-electron chi connectivity index (χ1n) is 6.62. The van der Waals surface area contributed by atoms with Crippen molar-refractivity contribution in [2.75, 3.05) is 12.3 Å². The molecule has 1 aromatic carbocycles. The summed E-state index contributed by atoms with van der Waals surface area (Å²) < 4.78 is 0. The molecule has 0 spiro atoms. The third-order valence-corrected chi connectivity index (χ3v) is 3.69. The summed E-state index contributed by atoms with van der Waals surface area (Å²) in [5, 5.41) is 2.96. The zero-order chi connectivity index (χ0) is 13.2. The minimum atomic E-state index is 0.156. The Hall–Kier alpha value is -0.960. The van der Waals surface area contributed by atoms with Crippen LogP contribution in [0.4, 0.5) is 0 Å². The van der Waals surface area contributed by atoms with E-state index in [1.54, 1.807) is 11.8 Å². The van der Waals surface area contributed by atoms with Gasteiger partial charge in [0.15, 0.2) is 0 Å². The quantitative estimate of drug-likeness (QED) is 0.728. The highest BCUT2D eigenvalue weighted by molar-refractivity contribution is 7.99. The Kier molecular flexibility index (Phi) is 7.58. The average Bonchev–Trinajstić information content (AvgIpc) is 2.35. The molecule has 2 nitrogen and oxygen atoms in total. The Balaban J connectivity index is 2.12. The fourth-order valence-electron chi connectivity index (χ4n) is 1.72. The lowest BCUT2D eigenvalue weighted by atomic mass is 10.2. The van der Waals surface area contributed by atoms with Crippen molar-refractivity contribution in [2.24, 2.45) is 0 Å². The summed E-state index contributed by atoms with van der Waals surface area (Å²) in [4.78, 5) is 11.5. The van der Waals surface area contributed by atoms with Crippen molar-refractivity contribution in [2.45, 2.75) is 38.9 Å². The van der Waals surface area contributed by atoms with Crippen molar-refractivity contribution in [1.82, 2.24) is 5.32 Å². The molecule has 100 valence electrons. The summed E-state index contributed by atoms with van der Waals surface area (Å²) in [5.41, 5.74) is 2.57. The third-order valence-electron chi connectivity index (χ3n) is 2.69. The molecule has 1 amide bonds. The lowest BCUT2D eigenvalue weighted by Gasteiger charge is -2.05. The van der Waals surface area contributed by atoms with E-state index in [-0.39, 0.29) is 5.91 Å². The molecule has 18 heavy (non-hydrogen) atoms. The molecule has 0 radical (unpaired) electrons. The van der Waals surface area contributed by atoms with Crippen molar-refractivity contribution in [1.29, 1.82) is 0 Å². The Bertz CT molecular complexity index is 365. The van der Waals surface area contributed by atoms with Crippen LogP contribution < -0.4 is 5.32 Å². The van der Waals surface area contributed by atoms with Gasteiger partial charge in [-0.25, -0.2) is 0 Å². The lowest BCUT2D eigenvalue weighted by molar-refractivity contribution is -0.118. The zero-order valence-corrected chi connectivity index (χ0v) is 12.2. The molecule has 1 aromatic rings. The van der Waals surface area contributed by atoms with Gasteiger partial charge < -0.3 is 5.32 Å². The van der Waals surface area contributed by atoms with Crippen LogP contribution in [-0.4, -0.2) is 18.2 Å². The Morgan fingerprint density at radius 2 is 2.17 bits per heavy atom. The number of nitrogens with one attached hydrogen (secondary N) is 1. The minimum Gasteiger partial charge on any atom is -0.355 e. The Morgan fingerprint density at radius 1 is 1.33 bits per heavy atom. The first-order valence-corrected chi connectivity index (χ1v) is 7.78. The second-order valence-electron chi connectivity index (χ2n) is 4.54. The van der Waals surface area contributed by atoms with E-state index >= 15 is 0 Å². The number of unbranched alkanes of at least 4 members (excludes halogenated alkanes) is 2. The van der Waals surface area contributed by atoms with Gasteiger partial charge in [0.2, 0.25) is 5.91 Å².